The minimum absolute atomic E-state index is 0.400. The highest BCUT2D eigenvalue weighted by molar-refractivity contribution is 5.87. The van der Waals surface area contributed by atoms with Crippen molar-refractivity contribution in [3.8, 4) is 11.5 Å². The smallest absolute Gasteiger partial charge is 0.330 e. The van der Waals surface area contributed by atoms with Gasteiger partial charge in [0.1, 0.15) is 6.61 Å². The van der Waals surface area contributed by atoms with E-state index in [0.717, 1.165) is 11.1 Å². The largest absolute Gasteiger partial charge is 0.493 e. The van der Waals surface area contributed by atoms with Crippen LogP contribution < -0.4 is 9.47 Å². The fourth-order valence-corrected chi connectivity index (χ4v) is 1.88. The molecule has 4 heteroatoms. The summed E-state index contributed by atoms with van der Waals surface area (Å²) in [5.41, 5.74) is 1.90. The van der Waals surface area contributed by atoms with Crippen molar-refractivity contribution in [3.63, 3.8) is 0 Å². The van der Waals surface area contributed by atoms with Crippen molar-refractivity contribution in [3.05, 3.63) is 65.7 Å². The number of carbonyl (C=O) groups excluding carboxylic acids is 1. The van der Waals surface area contributed by atoms with Crippen LogP contribution in [0.15, 0.2) is 54.6 Å². The van der Waals surface area contributed by atoms with Crippen molar-refractivity contribution in [2.24, 2.45) is 0 Å². The highest BCUT2D eigenvalue weighted by Crippen LogP contribution is 2.29. The van der Waals surface area contributed by atoms with Gasteiger partial charge in [-0.1, -0.05) is 36.4 Å². The highest BCUT2D eigenvalue weighted by Gasteiger charge is 2.05. The first kappa shape index (κ1) is 15.6. The molecule has 2 rings (SSSR count). The van der Waals surface area contributed by atoms with Crippen LogP contribution in [-0.2, 0) is 16.1 Å². The van der Waals surface area contributed by atoms with Crippen molar-refractivity contribution in [1.82, 2.24) is 0 Å². The van der Waals surface area contributed by atoms with Crippen LogP contribution in [0.4, 0.5) is 0 Å². The fraction of sp³-hybridized carbons (Fsp3) is 0.167. The molecule has 114 valence electrons. The van der Waals surface area contributed by atoms with E-state index in [1.54, 1.807) is 19.3 Å². The van der Waals surface area contributed by atoms with E-state index in [4.69, 9.17) is 9.47 Å². The molecule has 0 radical (unpaired) electrons. The molecule has 0 saturated heterocycles. The molecule has 22 heavy (non-hydrogen) atoms. The second-order valence-electron chi connectivity index (χ2n) is 4.54. The van der Waals surface area contributed by atoms with Gasteiger partial charge in [0.05, 0.1) is 14.2 Å². The van der Waals surface area contributed by atoms with Gasteiger partial charge in [-0.3, -0.25) is 0 Å². The summed E-state index contributed by atoms with van der Waals surface area (Å²) in [4.78, 5) is 11.1. The van der Waals surface area contributed by atoms with Gasteiger partial charge in [-0.15, -0.1) is 0 Å². The average molecular weight is 298 g/mol. The lowest BCUT2D eigenvalue weighted by molar-refractivity contribution is -0.134. The molecule has 2 aromatic rings. The monoisotopic (exact) mass is 298 g/mol. The van der Waals surface area contributed by atoms with Gasteiger partial charge in [-0.2, -0.15) is 0 Å². The minimum Gasteiger partial charge on any atom is -0.493 e. The summed E-state index contributed by atoms with van der Waals surface area (Å²) < 4.78 is 15.7. The van der Waals surface area contributed by atoms with E-state index >= 15 is 0 Å². The van der Waals surface area contributed by atoms with Crippen molar-refractivity contribution in [2.75, 3.05) is 14.2 Å². The molecular weight excluding hydrogens is 280 g/mol. The maximum absolute atomic E-state index is 11.1. The van der Waals surface area contributed by atoms with Crippen LogP contribution in [0, 0.1) is 0 Å². The molecule has 0 N–H and O–H groups in total. The molecule has 0 spiro atoms. The van der Waals surface area contributed by atoms with E-state index in [1.165, 1.54) is 13.2 Å². The highest BCUT2D eigenvalue weighted by atomic mass is 16.5. The summed E-state index contributed by atoms with van der Waals surface area (Å²) >= 11 is 0. The Morgan fingerprint density at radius 2 is 1.82 bits per heavy atom. The summed E-state index contributed by atoms with van der Waals surface area (Å²) in [7, 11) is 2.93. The summed E-state index contributed by atoms with van der Waals surface area (Å²) in [6.45, 7) is 0.446. The van der Waals surface area contributed by atoms with Crippen LogP contribution in [0.1, 0.15) is 11.1 Å². The third kappa shape index (κ3) is 4.38. The molecule has 0 aromatic heterocycles. The first-order chi connectivity index (χ1) is 10.7. The zero-order valence-corrected chi connectivity index (χ0v) is 12.6. The predicted octanol–water partition coefficient (Wildman–Crippen LogP) is 3.46. The summed E-state index contributed by atoms with van der Waals surface area (Å²) in [5, 5.41) is 0. The standard InChI is InChI=1S/C18H18O4/c1-20-16-10-8-14(9-11-18(19)21-2)12-17(16)22-13-15-6-4-3-5-7-15/h3-12H,13H2,1-2H3. The van der Waals surface area contributed by atoms with Gasteiger partial charge < -0.3 is 14.2 Å². The lowest BCUT2D eigenvalue weighted by Crippen LogP contribution is -1.98. The van der Waals surface area contributed by atoms with Gasteiger partial charge >= 0.3 is 5.97 Å². The van der Waals surface area contributed by atoms with Crippen molar-refractivity contribution in [1.29, 1.82) is 0 Å². The van der Waals surface area contributed by atoms with E-state index < -0.39 is 5.97 Å². The number of hydrogen-bond acceptors (Lipinski definition) is 4. The Labute approximate surface area is 129 Å². The Hall–Kier alpha value is -2.75. The van der Waals surface area contributed by atoms with Crippen LogP contribution in [0.2, 0.25) is 0 Å². The number of esters is 1. The Morgan fingerprint density at radius 1 is 1.05 bits per heavy atom. The first-order valence-electron chi connectivity index (χ1n) is 6.83. The van der Waals surface area contributed by atoms with Crippen LogP contribution in [-0.4, -0.2) is 20.2 Å². The molecule has 0 unspecified atom stereocenters. The zero-order chi connectivity index (χ0) is 15.8. The summed E-state index contributed by atoms with van der Waals surface area (Å²) in [6, 6.07) is 15.3. The Bertz CT molecular complexity index is 647. The molecule has 0 aliphatic rings. The molecule has 0 saturated carbocycles. The Kier molecular flexibility index (Phi) is 5.60. The lowest BCUT2D eigenvalue weighted by Gasteiger charge is -2.11. The molecule has 0 atom stereocenters. The normalized spacial score (nSPS) is 10.5. The van der Waals surface area contributed by atoms with Crippen molar-refractivity contribution >= 4 is 12.0 Å². The minimum atomic E-state index is -0.400. The number of rotatable bonds is 6. The molecule has 0 amide bonds. The molecule has 0 fully saturated rings. The molecule has 0 aliphatic heterocycles. The van der Waals surface area contributed by atoms with E-state index in [9.17, 15) is 4.79 Å². The number of ether oxygens (including phenoxy) is 3. The number of carbonyl (C=O) groups is 1. The number of hydrogen-bond donors (Lipinski definition) is 0. The molecule has 0 bridgehead atoms. The predicted molar refractivity (Wildman–Crippen MR) is 84.8 cm³/mol. The molecule has 2 aromatic carbocycles. The first-order valence-corrected chi connectivity index (χ1v) is 6.83. The maximum Gasteiger partial charge on any atom is 0.330 e. The van der Waals surface area contributed by atoms with Gasteiger partial charge in [0, 0.05) is 6.08 Å². The molecular formula is C18H18O4. The average Bonchev–Trinajstić information content (AvgIpc) is 2.58. The van der Waals surface area contributed by atoms with Gasteiger partial charge in [-0.25, -0.2) is 4.79 Å². The molecule has 0 heterocycles. The van der Waals surface area contributed by atoms with Crippen LogP contribution in [0.5, 0.6) is 11.5 Å². The molecule has 4 nitrogen and oxygen atoms in total. The second kappa shape index (κ2) is 7.88. The quantitative estimate of drug-likeness (QED) is 0.605. The van der Waals surface area contributed by atoms with Gasteiger partial charge in [0.25, 0.3) is 0 Å². The Morgan fingerprint density at radius 3 is 2.50 bits per heavy atom. The summed E-state index contributed by atoms with van der Waals surface area (Å²) in [5.74, 6) is 0.868. The van der Waals surface area contributed by atoms with Crippen molar-refractivity contribution in [2.45, 2.75) is 6.61 Å². The number of methoxy groups -OCH3 is 2. The third-order valence-electron chi connectivity index (χ3n) is 3.04. The fourth-order valence-electron chi connectivity index (χ4n) is 1.88. The van der Waals surface area contributed by atoms with Gasteiger partial charge in [0.2, 0.25) is 0 Å². The van der Waals surface area contributed by atoms with Crippen LogP contribution in [0.3, 0.4) is 0 Å². The topological polar surface area (TPSA) is 44.8 Å². The van der Waals surface area contributed by atoms with Gasteiger partial charge in [-0.05, 0) is 29.3 Å². The lowest BCUT2D eigenvalue weighted by atomic mass is 10.2. The van der Waals surface area contributed by atoms with Crippen LogP contribution in [0.25, 0.3) is 6.08 Å². The zero-order valence-electron chi connectivity index (χ0n) is 12.6. The van der Waals surface area contributed by atoms with E-state index in [1.807, 2.05) is 42.5 Å². The van der Waals surface area contributed by atoms with E-state index in [0.29, 0.717) is 18.1 Å². The molecule has 0 aliphatic carbocycles. The van der Waals surface area contributed by atoms with Crippen LogP contribution >= 0.6 is 0 Å². The maximum atomic E-state index is 11.1. The second-order valence-corrected chi connectivity index (χ2v) is 4.54. The SMILES string of the molecule is COC(=O)C=Cc1ccc(OC)c(OCc2ccccc2)c1. The van der Waals surface area contributed by atoms with E-state index in [2.05, 4.69) is 4.74 Å². The third-order valence-corrected chi connectivity index (χ3v) is 3.04. The summed E-state index contributed by atoms with van der Waals surface area (Å²) in [6.07, 6.45) is 3.03. The van der Waals surface area contributed by atoms with Gasteiger partial charge in [0.15, 0.2) is 11.5 Å². The Balaban J connectivity index is 2.14. The number of benzene rings is 2. The van der Waals surface area contributed by atoms with E-state index in [-0.39, 0.29) is 0 Å². The van der Waals surface area contributed by atoms with Crippen molar-refractivity contribution < 1.29 is 19.0 Å².